The van der Waals surface area contributed by atoms with Crippen LogP contribution in [0.2, 0.25) is 0 Å². The van der Waals surface area contributed by atoms with Crippen molar-refractivity contribution in [2.45, 2.75) is 18.9 Å². The standard InChI is InChI=1S/C22H26FN3O5/c1-28-18-11-14(12-19(29-2)20(18)30-3)21(27)26-22(24-13-17-5-4-10-31-17)25-16-8-6-15(23)7-9-16/h6-9,11-12,17H,4-5,10,13H2,1-3H3,(H2,24,25,26,27)/t17-/m1/s1. The lowest BCUT2D eigenvalue weighted by atomic mass is 10.1. The molecule has 0 saturated carbocycles. The number of carbonyl (C=O) groups is 1. The van der Waals surface area contributed by atoms with E-state index in [2.05, 4.69) is 15.6 Å². The lowest BCUT2D eigenvalue weighted by Crippen LogP contribution is -2.36. The highest BCUT2D eigenvalue weighted by molar-refractivity contribution is 6.10. The van der Waals surface area contributed by atoms with Crippen molar-refractivity contribution in [1.82, 2.24) is 5.32 Å². The number of hydrogen-bond donors (Lipinski definition) is 2. The van der Waals surface area contributed by atoms with Gasteiger partial charge in [-0.3, -0.25) is 10.1 Å². The molecule has 8 nitrogen and oxygen atoms in total. The van der Waals surface area contributed by atoms with Crippen LogP contribution in [-0.2, 0) is 4.74 Å². The number of carbonyl (C=O) groups excluding carboxylic acids is 1. The fraction of sp³-hybridized carbons (Fsp3) is 0.364. The van der Waals surface area contributed by atoms with Crippen molar-refractivity contribution < 1.29 is 28.1 Å². The van der Waals surface area contributed by atoms with Crippen molar-refractivity contribution in [2.75, 3.05) is 39.8 Å². The zero-order valence-corrected chi connectivity index (χ0v) is 17.7. The molecule has 2 aromatic carbocycles. The van der Waals surface area contributed by atoms with Crippen molar-refractivity contribution in [1.29, 1.82) is 0 Å². The number of nitrogens with one attached hydrogen (secondary N) is 2. The average Bonchev–Trinajstić information content (AvgIpc) is 3.31. The summed E-state index contributed by atoms with van der Waals surface area (Å²) in [6, 6.07) is 8.85. The van der Waals surface area contributed by atoms with Crippen LogP contribution in [0.3, 0.4) is 0 Å². The Morgan fingerprint density at radius 2 is 1.81 bits per heavy atom. The summed E-state index contributed by atoms with van der Waals surface area (Å²) < 4.78 is 34.8. The average molecular weight is 431 g/mol. The number of benzene rings is 2. The Hall–Kier alpha value is -3.33. The van der Waals surface area contributed by atoms with Crippen molar-refractivity contribution in [3.8, 4) is 17.2 Å². The Morgan fingerprint density at radius 3 is 2.35 bits per heavy atom. The first-order valence-electron chi connectivity index (χ1n) is 9.84. The van der Waals surface area contributed by atoms with E-state index in [1.54, 1.807) is 24.3 Å². The first-order valence-corrected chi connectivity index (χ1v) is 9.84. The molecule has 0 spiro atoms. The minimum absolute atomic E-state index is 0.00287. The predicted molar refractivity (Wildman–Crippen MR) is 115 cm³/mol. The summed E-state index contributed by atoms with van der Waals surface area (Å²) >= 11 is 0. The van der Waals surface area contributed by atoms with Crippen LogP contribution in [-0.4, -0.2) is 52.5 Å². The van der Waals surface area contributed by atoms with E-state index in [9.17, 15) is 9.18 Å². The molecule has 0 aliphatic carbocycles. The van der Waals surface area contributed by atoms with E-state index in [1.165, 1.54) is 33.5 Å². The van der Waals surface area contributed by atoms with Gasteiger partial charge in [0.25, 0.3) is 5.91 Å². The number of anilines is 1. The van der Waals surface area contributed by atoms with E-state index < -0.39 is 5.91 Å². The molecular formula is C22H26FN3O5. The van der Waals surface area contributed by atoms with Gasteiger partial charge in [0.15, 0.2) is 11.5 Å². The molecule has 1 amide bonds. The van der Waals surface area contributed by atoms with Gasteiger partial charge in [-0.15, -0.1) is 0 Å². The van der Waals surface area contributed by atoms with Crippen molar-refractivity contribution in [3.05, 3.63) is 47.8 Å². The number of amides is 1. The lowest BCUT2D eigenvalue weighted by Gasteiger charge is -2.16. The van der Waals surface area contributed by atoms with Crippen LogP contribution < -0.4 is 24.8 Å². The molecule has 0 unspecified atom stereocenters. The van der Waals surface area contributed by atoms with Gasteiger partial charge in [-0.05, 0) is 49.2 Å². The lowest BCUT2D eigenvalue weighted by molar-refractivity contribution is 0.0974. The van der Waals surface area contributed by atoms with Gasteiger partial charge in [-0.2, -0.15) is 0 Å². The molecule has 1 saturated heterocycles. The van der Waals surface area contributed by atoms with Crippen molar-refractivity contribution in [2.24, 2.45) is 4.99 Å². The Bertz CT molecular complexity index is 902. The smallest absolute Gasteiger partial charge is 0.258 e. The fourth-order valence-corrected chi connectivity index (χ4v) is 3.15. The summed E-state index contributed by atoms with van der Waals surface area (Å²) in [7, 11) is 4.44. The first kappa shape index (κ1) is 22.4. The molecule has 1 heterocycles. The molecule has 2 aromatic rings. The molecule has 9 heteroatoms. The highest BCUT2D eigenvalue weighted by atomic mass is 19.1. The third-order valence-electron chi connectivity index (χ3n) is 4.74. The van der Waals surface area contributed by atoms with Crippen LogP contribution in [0, 0.1) is 5.82 Å². The molecule has 1 fully saturated rings. The molecule has 3 rings (SSSR count). The largest absolute Gasteiger partial charge is 0.493 e. The van der Waals surface area contributed by atoms with Crippen molar-refractivity contribution in [3.63, 3.8) is 0 Å². The van der Waals surface area contributed by atoms with E-state index in [4.69, 9.17) is 18.9 Å². The summed E-state index contributed by atoms with van der Waals surface area (Å²) in [4.78, 5) is 17.4. The number of guanidine groups is 1. The zero-order chi connectivity index (χ0) is 22.2. The topological polar surface area (TPSA) is 90.4 Å². The third kappa shape index (κ3) is 5.85. The number of halogens is 1. The quantitative estimate of drug-likeness (QED) is 0.517. The monoisotopic (exact) mass is 431 g/mol. The molecule has 1 aliphatic heterocycles. The Kier molecular flexibility index (Phi) is 7.66. The van der Waals surface area contributed by atoms with Crippen molar-refractivity contribution >= 4 is 17.6 Å². The third-order valence-corrected chi connectivity index (χ3v) is 4.74. The predicted octanol–water partition coefficient (Wildman–Crippen LogP) is 3.23. The highest BCUT2D eigenvalue weighted by Crippen LogP contribution is 2.38. The summed E-state index contributed by atoms with van der Waals surface area (Å²) in [6.07, 6.45) is 1.90. The summed E-state index contributed by atoms with van der Waals surface area (Å²) in [5.41, 5.74) is 0.873. The van der Waals surface area contributed by atoms with Crippen LogP contribution in [0.5, 0.6) is 17.2 Å². The molecule has 1 aliphatic rings. The molecule has 0 aromatic heterocycles. The molecular weight excluding hydrogens is 405 g/mol. The van der Waals surface area contributed by atoms with E-state index in [-0.39, 0.29) is 17.9 Å². The van der Waals surface area contributed by atoms with Crippen LogP contribution in [0.15, 0.2) is 41.4 Å². The second kappa shape index (κ2) is 10.6. The van der Waals surface area contributed by atoms with E-state index >= 15 is 0 Å². The van der Waals surface area contributed by atoms with E-state index in [0.717, 1.165) is 12.8 Å². The minimum atomic E-state index is -0.431. The Balaban J connectivity index is 1.82. The van der Waals surface area contributed by atoms with Gasteiger partial charge in [0.1, 0.15) is 5.82 Å². The maximum atomic E-state index is 13.2. The maximum Gasteiger partial charge on any atom is 0.258 e. The van der Waals surface area contributed by atoms with Gasteiger partial charge in [-0.25, -0.2) is 9.38 Å². The van der Waals surface area contributed by atoms with Gasteiger partial charge >= 0.3 is 0 Å². The first-order chi connectivity index (χ1) is 15.0. The normalized spacial score (nSPS) is 16.0. The Labute approximate surface area is 180 Å². The molecule has 166 valence electrons. The van der Waals surface area contributed by atoms with Gasteiger partial charge in [-0.1, -0.05) is 0 Å². The molecule has 31 heavy (non-hydrogen) atoms. The molecule has 1 atom stereocenters. The van der Waals surface area contributed by atoms with Gasteiger partial charge in [0, 0.05) is 17.9 Å². The van der Waals surface area contributed by atoms with Crippen LogP contribution in [0.25, 0.3) is 0 Å². The number of rotatable bonds is 7. The SMILES string of the molecule is COc1cc(C(=O)NC(=NC[C@H]2CCCO2)Nc2ccc(F)cc2)cc(OC)c1OC. The van der Waals surface area contributed by atoms with Crippen LogP contribution in [0.1, 0.15) is 23.2 Å². The second-order valence-electron chi connectivity index (χ2n) is 6.82. The molecule has 2 N–H and O–H groups in total. The van der Waals surface area contributed by atoms with Gasteiger partial charge in [0.2, 0.25) is 11.7 Å². The second-order valence-corrected chi connectivity index (χ2v) is 6.82. The van der Waals surface area contributed by atoms with E-state index in [0.29, 0.717) is 41.7 Å². The number of nitrogens with zero attached hydrogens (tertiary/aromatic N) is 1. The number of aliphatic imine (C=N–C) groups is 1. The number of ether oxygens (including phenoxy) is 4. The summed E-state index contributed by atoms with van der Waals surface area (Å²) in [6.45, 7) is 1.10. The Morgan fingerprint density at radius 1 is 1.13 bits per heavy atom. The highest BCUT2D eigenvalue weighted by Gasteiger charge is 2.19. The summed E-state index contributed by atoms with van der Waals surface area (Å²) in [5.74, 6) is 0.539. The maximum absolute atomic E-state index is 13.2. The minimum Gasteiger partial charge on any atom is -0.493 e. The van der Waals surface area contributed by atoms with Crippen LogP contribution >= 0.6 is 0 Å². The molecule has 0 radical (unpaired) electrons. The fourth-order valence-electron chi connectivity index (χ4n) is 3.15. The summed E-state index contributed by atoms with van der Waals surface area (Å²) in [5, 5.41) is 5.78. The number of methoxy groups -OCH3 is 3. The van der Waals surface area contributed by atoms with Gasteiger partial charge in [0.05, 0.1) is 34.0 Å². The number of hydrogen-bond acceptors (Lipinski definition) is 6. The van der Waals surface area contributed by atoms with E-state index in [1.807, 2.05) is 0 Å². The zero-order valence-electron chi connectivity index (χ0n) is 17.7. The molecule has 0 bridgehead atoms. The van der Waals surface area contributed by atoms with Crippen LogP contribution in [0.4, 0.5) is 10.1 Å². The van der Waals surface area contributed by atoms with Gasteiger partial charge < -0.3 is 24.3 Å².